The number of hydrogen-bond acceptors (Lipinski definition) is 3. The van der Waals surface area contributed by atoms with Gasteiger partial charge < -0.3 is 0 Å². The Labute approximate surface area is 95.7 Å². The van der Waals surface area contributed by atoms with Gasteiger partial charge in [0.1, 0.15) is 5.65 Å². The number of H-pyrrole nitrogens is 1. The van der Waals surface area contributed by atoms with Crippen LogP contribution in [0.2, 0.25) is 0 Å². The standard InChI is InChI=1S/C10H10ClN3O2/c11-4-2-6-14-8-7(3-1-5-12-8)9(15)13-10(14)16/h1,3,5H,2,4,6H2,(H,13,15,16). The summed E-state index contributed by atoms with van der Waals surface area (Å²) in [6.45, 7) is 0.451. The second-order valence-electron chi connectivity index (χ2n) is 3.33. The van der Waals surface area contributed by atoms with Gasteiger partial charge in [0.2, 0.25) is 0 Å². The predicted octanol–water partition coefficient (Wildman–Crippen LogP) is 0.714. The van der Waals surface area contributed by atoms with Gasteiger partial charge in [0.05, 0.1) is 5.39 Å². The second kappa shape index (κ2) is 4.49. The largest absolute Gasteiger partial charge is 0.329 e. The van der Waals surface area contributed by atoms with Gasteiger partial charge in [-0.25, -0.2) is 9.78 Å². The van der Waals surface area contributed by atoms with Gasteiger partial charge in [-0.05, 0) is 18.6 Å². The minimum atomic E-state index is -0.443. The first kappa shape index (κ1) is 10.9. The molecular weight excluding hydrogens is 230 g/mol. The number of rotatable bonds is 3. The molecule has 0 aromatic carbocycles. The number of aryl methyl sites for hydroxylation is 1. The molecule has 0 aliphatic rings. The van der Waals surface area contributed by atoms with Crippen molar-refractivity contribution in [3.05, 3.63) is 39.2 Å². The minimum absolute atomic E-state index is 0.404. The maximum atomic E-state index is 11.6. The van der Waals surface area contributed by atoms with Crippen molar-refractivity contribution in [3.63, 3.8) is 0 Å². The SMILES string of the molecule is O=c1[nH]c(=O)n(CCCCl)c2ncccc12. The van der Waals surface area contributed by atoms with Gasteiger partial charge in [0.15, 0.2) is 0 Å². The van der Waals surface area contributed by atoms with Gasteiger partial charge in [0.25, 0.3) is 5.56 Å². The van der Waals surface area contributed by atoms with E-state index in [0.29, 0.717) is 29.9 Å². The molecule has 0 unspecified atom stereocenters. The summed E-state index contributed by atoms with van der Waals surface area (Å²) < 4.78 is 1.43. The van der Waals surface area contributed by atoms with Crippen molar-refractivity contribution in [2.75, 3.05) is 5.88 Å². The summed E-state index contributed by atoms with van der Waals surface area (Å²) in [5.41, 5.74) is -0.446. The third-order valence-corrected chi connectivity index (χ3v) is 2.54. The van der Waals surface area contributed by atoms with Crippen LogP contribution in [0.4, 0.5) is 0 Å². The molecule has 0 spiro atoms. The first-order chi connectivity index (χ1) is 7.74. The van der Waals surface area contributed by atoms with Crippen LogP contribution in [0.25, 0.3) is 11.0 Å². The van der Waals surface area contributed by atoms with Crippen LogP contribution < -0.4 is 11.2 Å². The lowest BCUT2D eigenvalue weighted by Gasteiger charge is -2.06. The Balaban J connectivity index is 2.72. The first-order valence-electron chi connectivity index (χ1n) is 4.88. The average molecular weight is 240 g/mol. The highest BCUT2D eigenvalue weighted by molar-refractivity contribution is 6.17. The summed E-state index contributed by atoms with van der Waals surface area (Å²) in [5, 5.41) is 0.414. The molecule has 0 fully saturated rings. The number of halogens is 1. The zero-order chi connectivity index (χ0) is 11.5. The number of nitrogens with zero attached hydrogens (tertiary/aromatic N) is 2. The van der Waals surface area contributed by atoms with E-state index in [9.17, 15) is 9.59 Å². The molecule has 0 radical (unpaired) electrons. The van der Waals surface area contributed by atoms with Crippen molar-refractivity contribution in [2.45, 2.75) is 13.0 Å². The molecule has 0 atom stereocenters. The Morgan fingerprint density at radius 3 is 3.00 bits per heavy atom. The Bertz CT molecular complexity index is 617. The smallest absolute Gasteiger partial charge is 0.277 e. The molecule has 0 bridgehead atoms. The van der Waals surface area contributed by atoms with Crippen molar-refractivity contribution in [1.82, 2.24) is 14.5 Å². The molecule has 2 heterocycles. The van der Waals surface area contributed by atoms with E-state index in [0.717, 1.165) is 0 Å². The van der Waals surface area contributed by atoms with Gasteiger partial charge in [-0.2, -0.15) is 0 Å². The molecular formula is C10H10ClN3O2. The molecule has 0 aliphatic carbocycles. The van der Waals surface area contributed by atoms with E-state index in [1.165, 1.54) is 4.57 Å². The maximum absolute atomic E-state index is 11.6. The highest BCUT2D eigenvalue weighted by Crippen LogP contribution is 2.03. The van der Waals surface area contributed by atoms with Gasteiger partial charge in [-0.1, -0.05) is 0 Å². The number of pyridine rings is 1. The molecule has 0 saturated carbocycles. The minimum Gasteiger partial charge on any atom is -0.277 e. The fourth-order valence-corrected chi connectivity index (χ4v) is 1.66. The fraction of sp³-hybridized carbons (Fsp3) is 0.300. The number of aromatic nitrogens is 3. The van der Waals surface area contributed by atoms with Gasteiger partial charge in [0, 0.05) is 18.6 Å². The van der Waals surface area contributed by atoms with Crippen LogP contribution in [0, 0.1) is 0 Å². The molecule has 16 heavy (non-hydrogen) atoms. The number of fused-ring (bicyclic) bond motifs is 1. The predicted molar refractivity (Wildman–Crippen MR) is 62.0 cm³/mol. The molecule has 0 aliphatic heterocycles. The Kier molecular flexibility index (Phi) is 3.05. The first-order valence-corrected chi connectivity index (χ1v) is 5.41. The van der Waals surface area contributed by atoms with Crippen LogP contribution >= 0.6 is 11.6 Å². The molecule has 6 heteroatoms. The van der Waals surface area contributed by atoms with Crippen LogP contribution in [0.3, 0.4) is 0 Å². The summed E-state index contributed by atoms with van der Waals surface area (Å²) in [5.74, 6) is 0.458. The van der Waals surface area contributed by atoms with Crippen molar-refractivity contribution in [1.29, 1.82) is 0 Å². The van der Waals surface area contributed by atoms with Crippen LogP contribution in [0.5, 0.6) is 0 Å². The van der Waals surface area contributed by atoms with Crippen LogP contribution in [-0.4, -0.2) is 20.4 Å². The van der Waals surface area contributed by atoms with E-state index < -0.39 is 11.2 Å². The molecule has 1 N–H and O–H groups in total. The van der Waals surface area contributed by atoms with Crippen LogP contribution in [0.15, 0.2) is 27.9 Å². The summed E-state index contributed by atoms with van der Waals surface area (Å²) in [6, 6.07) is 3.30. The summed E-state index contributed by atoms with van der Waals surface area (Å²) in [6.07, 6.45) is 2.21. The van der Waals surface area contributed by atoms with Crippen LogP contribution in [0.1, 0.15) is 6.42 Å². The lowest BCUT2D eigenvalue weighted by atomic mass is 10.3. The zero-order valence-electron chi connectivity index (χ0n) is 8.44. The van der Waals surface area contributed by atoms with Crippen molar-refractivity contribution >= 4 is 22.6 Å². The lowest BCUT2D eigenvalue weighted by Crippen LogP contribution is -2.31. The van der Waals surface area contributed by atoms with Gasteiger partial charge >= 0.3 is 5.69 Å². The van der Waals surface area contributed by atoms with E-state index in [4.69, 9.17) is 11.6 Å². The summed E-state index contributed by atoms with van der Waals surface area (Å²) in [4.78, 5) is 29.4. The zero-order valence-corrected chi connectivity index (χ0v) is 9.20. The van der Waals surface area contributed by atoms with E-state index in [1.54, 1.807) is 18.3 Å². The normalized spacial score (nSPS) is 10.8. The lowest BCUT2D eigenvalue weighted by molar-refractivity contribution is 0.654. The number of aromatic amines is 1. The fourth-order valence-electron chi connectivity index (χ4n) is 1.54. The maximum Gasteiger partial charge on any atom is 0.329 e. The monoisotopic (exact) mass is 239 g/mol. The van der Waals surface area contributed by atoms with E-state index in [1.807, 2.05) is 0 Å². The van der Waals surface area contributed by atoms with E-state index in [2.05, 4.69) is 9.97 Å². The molecule has 2 aromatic heterocycles. The molecule has 0 saturated heterocycles. The van der Waals surface area contributed by atoms with Crippen molar-refractivity contribution in [2.24, 2.45) is 0 Å². The Morgan fingerprint density at radius 2 is 2.25 bits per heavy atom. The van der Waals surface area contributed by atoms with E-state index in [-0.39, 0.29) is 0 Å². The molecule has 2 rings (SSSR count). The second-order valence-corrected chi connectivity index (χ2v) is 3.71. The van der Waals surface area contributed by atoms with E-state index >= 15 is 0 Å². The number of alkyl halides is 1. The highest BCUT2D eigenvalue weighted by Gasteiger charge is 2.06. The summed E-state index contributed by atoms with van der Waals surface area (Å²) >= 11 is 5.58. The van der Waals surface area contributed by atoms with Crippen LogP contribution in [-0.2, 0) is 6.54 Å². The van der Waals surface area contributed by atoms with Crippen molar-refractivity contribution < 1.29 is 0 Å². The number of hydrogen-bond donors (Lipinski definition) is 1. The molecule has 2 aromatic rings. The van der Waals surface area contributed by atoms with Crippen molar-refractivity contribution in [3.8, 4) is 0 Å². The van der Waals surface area contributed by atoms with Gasteiger partial charge in [-0.15, -0.1) is 11.6 Å². The average Bonchev–Trinajstić information content (AvgIpc) is 2.29. The molecule has 0 amide bonds. The highest BCUT2D eigenvalue weighted by atomic mass is 35.5. The third-order valence-electron chi connectivity index (χ3n) is 2.27. The number of nitrogens with one attached hydrogen (secondary N) is 1. The Hall–Kier alpha value is -1.62. The van der Waals surface area contributed by atoms with Gasteiger partial charge in [-0.3, -0.25) is 14.3 Å². The summed E-state index contributed by atoms with van der Waals surface area (Å²) in [7, 11) is 0. The molecule has 84 valence electrons. The molecule has 5 nitrogen and oxygen atoms in total. The topological polar surface area (TPSA) is 67.8 Å². The quantitative estimate of drug-likeness (QED) is 0.803. The third kappa shape index (κ3) is 1.86. The Morgan fingerprint density at radius 1 is 1.44 bits per heavy atom.